The van der Waals surface area contributed by atoms with Gasteiger partial charge in [-0.2, -0.15) is 0 Å². The molecule has 1 aromatic rings. The first kappa shape index (κ1) is 12.6. The molecule has 0 bridgehead atoms. The molecular weight excluding hydrogens is 285 g/mol. The molecule has 92 valence electrons. The summed E-state index contributed by atoms with van der Waals surface area (Å²) in [5.74, 6) is -0.588. The van der Waals surface area contributed by atoms with Crippen LogP contribution in [-0.4, -0.2) is 11.4 Å². The quantitative estimate of drug-likeness (QED) is 0.907. The predicted octanol–water partition coefficient (Wildman–Crippen LogP) is 3.65. The Morgan fingerprint density at radius 1 is 1.53 bits per heavy atom. The highest BCUT2D eigenvalue weighted by Gasteiger charge is 2.36. The maximum absolute atomic E-state index is 13.3. The molecule has 1 aromatic carbocycles. The van der Waals surface area contributed by atoms with E-state index in [4.69, 9.17) is 0 Å². The fraction of sp³-hybridized carbons (Fsp3) is 0.462. The van der Waals surface area contributed by atoms with Crippen molar-refractivity contribution >= 4 is 21.8 Å². The van der Waals surface area contributed by atoms with Gasteiger partial charge in [0, 0.05) is 11.1 Å². The molecule has 0 unspecified atom stereocenters. The van der Waals surface area contributed by atoms with Gasteiger partial charge in [-0.3, -0.25) is 4.79 Å². The Labute approximate surface area is 109 Å². The van der Waals surface area contributed by atoms with Gasteiger partial charge in [0.15, 0.2) is 0 Å². The third-order valence-electron chi connectivity index (χ3n) is 3.55. The first-order valence-electron chi connectivity index (χ1n) is 5.84. The second kappa shape index (κ2) is 4.77. The zero-order valence-electron chi connectivity index (χ0n) is 9.72. The second-order valence-electron chi connectivity index (χ2n) is 4.57. The van der Waals surface area contributed by atoms with Crippen LogP contribution in [0.25, 0.3) is 0 Å². The van der Waals surface area contributed by atoms with Gasteiger partial charge in [-0.25, -0.2) is 4.39 Å². The van der Waals surface area contributed by atoms with Crippen molar-refractivity contribution in [2.75, 3.05) is 0 Å². The summed E-state index contributed by atoms with van der Waals surface area (Å²) >= 11 is 3.07. The molecule has 1 aliphatic rings. The molecule has 0 spiro atoms. The van der Waals surface area contributed by atoms with Crippen molar-refractivity contribution in [1.29, 1.82) is 0 Å². The van der Waals surface area contributed by atoms with Gasteiger partial charge in [0.05, 0.1) is 4.47 Å². The lowest BCUT2D eigenvalue weighted by atomic mass is 9.74. The molecule has 17 heavy (non-hydrogen) atoms. The van der Waals surface area contributed by atoms with Gasteiger partial charge in [0.2, 0.25) is 0 Å². The Kier molecular flexibility index (Phi) is 3.52. The first-order valence-corrected chi connectivity index (χ1v) is 6.63. The van der Waals surface area contributed by atoms with E-state index in [1.165, 1.54) is 6.07 Å². The van der Waals surface area contributed by atoms with Crippen LogP contribution in [0.15, 0.2) is 22.7 Å². The predicted molar refractivity (Wildman–Crippen MR) is 68.4 cm³/mol. The van der Waals surface area contributed by atoms with Crippen molar-refractivity contribution in [3.8, 4) is 0 Å². The van der Waals surface area contributed by atoms with Crippen molar-refractivity contribution in [2.45, 2.75) is 38.1 Å². The summed E-state index contributed by atoms with van der Waals surface area (Å²) < 4.78 is 13.7. The number of benzene rings is 1. The summed E-state index contributed by atoms with van der Waals surface area (Å²) in [6, 6.07) is 4.45. The van der Waals surface area contributed by atoms with Crippen molar-refractivity contribution in [2.24, 2.45) is 0 Å². The van der Waals surface area contributed by atoms with Gasteiger partial charge >= 0.3 is 0 Å². The van der Waals surface area contributed by atoms with E-state index in [-0.39, 0.29) is 11.4 Å². The SMILES string of the molecule is CCC1(NC(=O)c2ccc(Br)c(F)c2)CCC1. The van der Waals surface area contributed by atoms with E-state index in [2.05, 4.69) is 28.2 Å². The Morgan fingerprint density at radius 2 is 2.24 bits per heavy atom. The number of hydrogen-bond donors (Lipinski definition) is 1. The van der Waals surface area contributed by atoms with Gasteiger partial charge in [-0.1, -0.05) is 6.92 Å². The summed E-state index contributed by atoms with van der Waals surface area (Å²) in [7, 11) is 0. The summed E-state index contributed by atoms with van der Waals surface area (Å²) in [4.78, 5) is 12.0. The smallest absolute Gasteiger partial charge is 0.251 e. The van der Waals surface area contributed by atoms with Gasteiger partial charge in [0.25, 0.3) is 5.91 Å². The van der Waals surface area contributed by atoms with E-state index < -0.39 is 5.82 Å². The van der Waals surface area contributed by atoms with Gasteiger partial charge < -0.3 is 5.32 Å². The highest BCUT2D eigenvalue weighted by Crippen LogP contribution is 2.34. The summed E-state index contributed by atoms with van der Waals surface area (Å²) in [6.07, 6.45) is 4.13. The topological polar surface area (TPSA) is 29.1 Å². The van der Waals surface area contributed by atoms with Crippen LogP contribution in [0, 0.1) is 5.82 Å². The van der Waals surface area contributed by atoms with Crippen LogP contribution in [0.5, 0.6) is 0 Å². The number of carbonyl (C=O) groups excluding carboxylic acids is 1. The second-order valence-corrected chi connectivity index (χ2v) is 5.42. The molecule has 1 fully saturated rings. The molecule has 1 aliphatic carbocycles. The maximum atomic E-state index is 13.3. The maximum Gasteiger partial charge on any atom is 0.251 e. The zero-order valence-corrected chi connectivity index (χ0v) is 11.3. The molecular formula is C13H15BrFNO. The molecule has 1 N–H and O–H groups in total. The lowest BCUT2D eigenvalue weighted by Gasteiger charge is -2.42. The molecule has 0 radical (unpaired) electrons. The molecule has 0 atom stereocenters. The summed E-state index contributed by atoms with van der Waals surface area (Å²) in [5.41, 5.74) is 0.325. The van der Waals surface area contributed by atoms with Crippen LogP contribution >= 0.6 is 15.9 Å². The molecule has 0 aliphatic heterocycles. The van der Waals surface area contributed by atoms with Crippen LogP contribution in [0.4, 0.5) is 4.39 Å². The molecule has 1 saturated carbocycles. The molecule has 0 heterocycles. The highest BCUT2D eigenvalue weighted by molar-refractivity contribution is 9.10. The van der Waals surface area contributed by atoms with E-state index in [0.717, 1.165) is 25.7 Å². The first-order chi connectivity index (χ1) is 8.06. The minimum atomic E-state index is -0.406. The fourth-order valence-electron chi connectivity index (χ4n) is 2.12. The van der Waals surface area contributed by atoms with E-state index >= 15 is 0 Å². The number of nitrogens with one attached hydrogen (secondary N) is 1. The van der Waals surface area contributed by atoms with E-state index in [9.17, 15) is 9.18 Å². The minimum Gasteiger partial charge on any atom is -0.347 e. The van der Waals surface area contributed by atoms with E-state index in [1.807, 2.05) is 0 Å². The third-order valence-corrected chi connectivity index (χ3v) is 4.19. The summed E-state index contributed by atoms with van der Waals surface area (Å²) in [5, 5.41) is 3.02. The van der Waals surface area contributed by atoms with E-state index in [0.29, 0.717) is 10.0 Å². The van der Waals surface area contributed by atoms with Crippen LogP contribution in [0.1, 0.15) is 43.0 Å². The largest absolute Gasteiger partial charge is 0.347 e. The van der Waals surface area contributed by atoms with Crippen molar-refractivity contribution < 1.29 is 9.18 Å². The number of rotatable bonds is 3. The average Bonchev–Trinajstić information content (AvgIpc) is 2.27. The van der Waals surface area contributed by atoms with Crippen LogP contribution < -0.4 is 5.32 Å². The molecule has 1 amide bonds. The van der Waals surface area contributed by atoms with Crippen molar-refractivity contribution in [3.05, 3.63) is 34.1 Å². The third kappa shape index (κ3) is 2.51. The number of halogens is 2. The van der Waals surface area contributed by atoms with Crippen molar-refractivity contribution in [1.82, 2.24) is 5.32 Å². The fourth-order valence-corrected chi connectivity index (χ4v) is 2.37. The number of hydrogen-bond acceptors (Lipinski definition) is 1. The Hall–Kier alpha value is -0.900. The lowest BCUT2D eigenvalue weighted by Crippen LogP contribution is -2.52. The number of amides is 1. The lowest BCUT2D eigenvalue weighted by molar-refractivity contribution is 0.0820. The molecule has 2 rings (SSSR count). The highest BCUT2D eigenvalue weighted by atomic mass is 79.9. The normalized spacial score (nSPS) is 17.4. The minimum absolute atomic E-state index is 0.0549. The van der Waals surface area contributed by atoms with Gasteiger partial charge in [0.1, 0.15) is 5.82 Å². The van der Waals surface area contributed by atoms with Crippen LogP contribution in [-0.2, 0) is 0 Å². The Morgan fingerprint density at radius 3 is 2.71 bits per heavy atom. The van der Waals surface area contributed by atoms with Crippen molar-refractivity contribution in [3.63, 3.8) is 0 Å². The zero-order chi connectivity index (χ0) is 12.5. The standard InChI is InChI=1S/C13H15BrFNO/c1-2-13(6-3-7-13)16-12(17)9-4-5-10(14)11(15)8-9/h4-5,8H,2-3,6-7H2,1H3,(H,16,17). The molecule has 0 aromatic heterocycles. The molecule has 0 saturated heterocycles. The van der Waals surface area contributed by atoms with Gasteiger partial charge in [-0.15, -0.1) is 0 Å². The molecule has 2 nitrogen and oxygen atoms in total. The number of carbonyl (C=O) groups is 1. The summed E-state index contributed by atoms with van der Waals surface area (Å²) in [6.45, 7) is 2.07. The average molecular weight is 300 g/mol. The van der Waals surface area contributed by atoms with Gasteiger partial charge in [-0.05, 0) is 59.8 Å². The van der Waals surface area contributed by atoms with E-state index in [1.54, 1.807) is 12.1 Å². The van der Waals surface area contributed by atoms with Crippen LogP contribution in [0.3, 0.4) is 0 Å². The Balaban J connectivity index is 2.11. The monoisotopic (exact) mass is 299 g/mol. The molecule has 4 heteroatoms. The van der Waals surface area contributed by atoms with Crippen LogP contribution in [0.2, 0.25) is 0 Å². The Bertz CT molecular complexity index is 438.